The minimum absolute atomic E-state index is 0.0391. The lowest BCUT2D eigenvalue weighted by molar-refractivity contribution is 0.153. The number of aromatic nitrogens is 3. The summed E-state index contributed by atoms with van der Waals surface area (Å²) in [7, 11) is 0. The van der Waals surface area contributed by atoms with Gasteiger partial charge in [-0.15, -0.1) is 0 Å². The molecule has 2 N–H and O–H groups in total. The van der Waals surface area contributed by atoms with E-state index >= 15 is 0 Å². The van der Waals surface area contributed by atoms with Gasteiger partial charge in [0.15, 0.2) is 0 Å². The Bertz CT molecular complexity index is 299. The maximum Gasteiger partial charge on any atom is 0.138 e. The summed E-state index contributed by atoms with van der Waals surface area (Å²) in [4.78, 5) is 4.06. The van der Waals surface area contributed by atoms with E-state index in [0.717, 1.165) is 6.42 Å². The van der Waals surface area contributed by atoms with Crippen LogP contribution < -0.4 is 5.73 Å². The Kier molecular flexibility index (Phi) is 4.20. The Morgan fingerprint density at radius 3 is 2.80 bits per heavy atom. The van der Waals surface area contributed by atoms with Crippen LogP contribution in [0.25, 0.3) is 0 Å². The Morgan fingerprint density at radius 2 is 2.27 bits per heavy atom. The predicted molar refractivity (Wildman–Crippen MR) is 57.2 cm³/mol. The van der Waals surface area contributed by atoms with Crippen molar-refractivity contribution in [3.05, 3.63) is 12.2 Å². The highest BCUT2D eigenvalue weighted by Crippen LogP contribution is 2.21. The van der Waals surface area contributed by atoms with Crippen LogP contribution in [-0.2, 0) is 13.0 Å². The van der Waals surface area contributed by atoms with E-state index in [-0.39, 0.29) is 13.0 Å². The Balaban J connectivity index is 2.74. The second kappa shape index (κ2) is 5.21. The van der Waals surface area contributed by atoms with Gasteiger partial charge in [0.2, 0.25) is 0 Å². The average molecular weight is 214 g/mol. The topological polar surface area (TPSA) is 56.7 Å². The SMILES string of the molecule is CCCC(F)(CN)Cc1ncnn1CC. The molecule has 0 fully saturated rings. The molecule has 0 aliphatic heterocycles. The zero-order valence-electron chi connectivity index (χ0n) is 9.41. The first-order valence-corrected chi connectivity index (χ1v) is 5.41. The molecule has 15 heavy (non-hydrogen) atoms. The first kappa shape index (κ1) is 12.1. The molecule has 0 aromatic carbocycles. The third-order valence-electron chi connectivity index (χ3n) is 2.53. The fourth-order valence-electron chi connectivity index (χ4n) is 1.68. The number of rotatable bonds is 6. The number of nitrogens with zero attached hydrogens (tertiary/aromatic N) is 3. The van der Waals surface area contributed by atoms with Crippen molar-refractivity contribution < 1.29 is 4.39 Å². The third kappa shape index (κ3) is 2.99. The minimum atomic E-state index is -1.34. The van der Waals surface area contributed by atoms with Gasteiger partial charge in [-0.2, -0.15) is 5.10 Å². The molecule has 0 spiro atoms. The van der Waals surface area contributed by atoms with Crippen molar-refractivity contribution in [1.29, 1.82) is 0 Å². The summed E-state index contributed by atoms with van der Waals surface area (Å²) in [6, 6.07) is 0. The van der Waals surface area contributed by atoms with Gasteiger partial charge in [0.1, 0.15) is 17.8 Å². The molecule has 0 saturated carbocycles. The molecular formula is C10H19FN4. The molecule has 5 heteroatoms. The van der Waals surface area contributed by atoms with Crippen LogP contribution in [0.1, 0.15) is 32.5 Å². The highest BCUT2D eigenvalue weighted by molar-refractivity contribution is 4.95. The van der Waals surface area contributed by atoms with Crippen LogP contribution in [-0.4, -0.2) is 27.0 Å². The van der Waals surface area contributed by atoms with Crippen LogP contribution in [0.3, 0.4) is 0 Å². The number of halogens is 1. The highest BCUT2D eigenvalue weighted by Gasteiger charge is 2.29. The first-order valence-electron chi connectivity index (χ1n) is 5.41. The van der Waals surface area contributed by atoms with Crippen LogP contribution in [0.15, 0.2) is 6.33 Å². The molecule has 0 aliphatic rings. The van der Waals surface area contributed by atoms with Crippen LogP contribution in [0.4, 0.5) is 4.39 Å². The highest BCUT2D eigenvalue weighted by atomic mass is 19.1. The standard InChI is InChI=1S/C10H19FN4/c1-3-5-10(11,7-12)6-9-13-8-14-15(9)4-2/h8H,3-7,12H2,1-2H3. The number of nitrogens with two attached hydrogens (primary N) is 1. The van der Waals surface area contributed by atoms with E-state index < -0.39 is 5.67 Å². The molecule has 1 aromatic rings. The molecule has 1 atom stereocenters. The van der Waals surface area contributed by atoms with Crippen molar-refractivity contribution in [2.24, 2.45) is 5.73 Å². The van der Waals surface area contributed by atoms with Gasteiger partial charge in [-0.1, -0.05) is 13.3 Å². The largest absolute Gasteiger partial charge is 0.328 e. The quantitative estimate of drug-likeness (QED) is 0.776. The lowest BCUT2D eigenvalue weighted by Crippen LogP contribution is -2.36. The summed E-state index contributed by atoms with van der Waals surface area (Å²) in [5, 5.41) is 4.01. The maximum atomic E-state index is 14.2. The smallest absolute Gasteiger partial charge is 0.138 e. The summed E-state index contributed by atoms with van der Waals surface area (Å²) < 4.78 is 15.9. The normalized spacial score (nSPS) is 15.2. The van der Waals surface area contributed by atoms with Gasteiger partial charge < -0.3 is 5.73 Å². The number of hydrogen-bond acceptors (Lipinski definition) is 3. The van der Waals surface area contributed by atoms with Crippen LogP contribution in [0.2, 0.25) is 0 Å². The van der Waals surface area contributed by atoms with Gasteiger partial charge in [0.25, 0.3) is 0 Å². The summed E-state index contributed by atoms with van der Waals surface area (Å²) in [5.74, 6) is 0.680. The van der Waals surface area contributed by atoms with Crippen molar-refractivity contribution in [3.63, 3.8) is 0 Å². The Morgan fingerprint density at radius 1 is 1.53 bits per heavy atom. The minimum Gasteiger partial charge on any atom is -0.328 e. The van der Waals surface area contributed by atoms with Gasteiger partial charge in [-0.3, -0.25) is 4.68 Å². The third-order valence-corrected chi connectivity index (χ3v) is 2.53. The van der Waals surface area contributed by atoms with E-state index in [0.29, 0.717) is 18.8 Å². The molecule has 4 nitrogen and oxygen atoms in total. The molecule has 0 saturated heterocycles. The average Bonchev–Trinajstić information content (AvgIpc) is 2.65. The van der Waals surface area contributed by atoms with Crippen LogP contribution in [0.5, 0.6) is 0 Å². The summed E-state index contributed by atoms with van der Waals surface area (Å²) in [6.07, 6.45) is 2.97. The Hall–Kier alpha value is -0.970. The first-order chi connectivity index (χ1) is 7.15. The van der Waals surface area contributed by atoms with Gasteiger partial charge in [0.05, 0.1) is 0 Å². The summed E-state index contributed by atoms with van der Waals surface area (Å²) >= 11 is 0. The van der Waals surface area contributed by atoms with E-state index in [1.54, 1.807) is 4.68 Å². The number of aryl methyl sites for hydroxylation is 1. The van der Waals surface area contributed by atoms with Crippen LogP contribution in [0, 0.1) is 0 Å². The van der Waals surface area contributed by atoms with Crippen molar-refractivity contribution in [3.8, 4) is 0 Å². The van der Waals surface area contributed by atoms with Crippen molar-refractivity contribution in [1.82, 2.24) is 14.8 Å². The molecular weight excluding hydrogens is 195 g/mol. The summed E-state index contributed by atoms with van der Waals surface area (Å²) in [6.45, 7) is 4.66. The van der Waals surface area contributed by atoms with Gasteiger partial charge in [-0.25, -0.2) is 9.37 Å². The zero-order chi connectivity index (χ0) is 11.3. The van der Waals surface area contributed by atoms with Gasteiger partial charge >= 0.3 is 0 Å². The Labute approximate surface area is 89.7 Å². The van der Waals surface area contributed by atoms with Crippen molar-refractivity contribution >= 4 is 0 Å². The maximum absolute atomic E-state index is 14.2. The molecule has 1 unspecified atom stereocenters. The number of hydrogen-bond donors (Lipinski definition) is 1. The number of alkyl halides is 1. The molecule has 1 heterocycles. The summed E-state index contributed by atoms with van der Waals surface area (Å²) in [5.41, 5.74) is 4.13. The second-order valence-electron chi connectivity index (χ2n) is 3.77. The van der Waals surface area contributed by atoms with Gasteiger partial charge in [-0.05, 0) is 13.3 Å². The van der Waals surface area contributed by atoms with E-state index in [2.05, 4.69) is 10.1 Å². The fourth-order valence-corrected chi connectivity index (χ4v) is 1.68. The van der Waals surface area contributed by atoms with E-state index in [9.17, 15) is 4.39 Å². The van der Waals surface area contributed by atoms with Gasteiger partial charge in [0, 0.05) is 19.5 Å². The molecule has 0 aliphatic carbocycles. The second-order valence-corrected chi connectivity index (χ2v) is 3.77. The van der Waals surface area contributed by atoms with E-state index in [1.807, 2.05) is 13.8 Å². The zero-order valence-corrected chi connectivity index (χ0v) is 9.41. The van der Waals surface area contributed by atoms with Crippen molar-refractivity contribution in [2.45, 2.75) is 45.3 Å². The lowest BCUT2D eigenvalue weighted by Gasteiger charge is -2.22. The molecule has 0 bridgehead atoms. The van der Waals surface area contributed by atoms with Crippen molar-refractivity contribution in [2.75, 3.05) is 6.54 Å². The molecule has 1 aromatic heterocycles. The molecule has 86 valence electrons. The molecule has 0 amide bonds. The monoisotopic (exact) mass is 214 g/mol. The predicted octanol–water partition coefficient (Wildman–Crippen LogP) is 1.31. The molecule has 0 radical (unpaired) electrons. The van der Waals surface area contributed by atoms with E-state index in [4.69, 9.17) is 5.73 Å². The van der Waals surface area contributed by atoms with E-state index in [1.165, 1.54) is 6.33 Å². The fraction of sp³-hybridized carbons (Fsp3) is 0.800. The molecule has 1 rings (SSSR count). The lowest BCUT2D eigenvalue weighted by atomic mass is 9.96. The van der Waals surface area contributed by atoms with Crippen LogP contribution >= 0.6 is 0 Å².